The SMILES string of the molecule is COC(=O)Nc1nc2cnn(Cc3ccc(CO)c4cccnc34)c2c(=O)[nH]1. The van der Waals surface area contributed by atoms with Crippen LogP contribution in [0.1, 0.15) is 11.1 Å². The van der Waals surface area contributed by atoms with E-state index in [9.17, 15) is 14.7 Å². The van der Waals surface area contributed by atoms with E-state index in [2.05, 4.69) is 30.1 Å². The molecule has 3 N–H and O–H groups in total. The van der Waals surface area contributed by atoms with Gasteiger partial charge < -0.3 is 9.84 Å². The molecule has 10 heteroatoms. The van der Waals surface area contributed by atoms with Crippen LogP contribution in [0.15, 0.2) is 41.5 Å². The monoisotopic (exact) mass is 380 g/mol. The number of nitrogens with one attached hydrogen (secondary N) is 2. The molecule has 0 saturated carbocycles. The number of amides is 1. The van der Waals surface area contributed by atoms with E-state index >= 15 is 0 Å². The summed E-state index contributed by atoms with van der Waals surface area (Å²) in [6.45, 7) is 0.198. The van der Waals surface area contributed by atoms with Crippen molar-refractivity contribution in [3.8, 4) is 0 Å². The number of methoxy groups -OCH3 is 1. The van der Waals surface area contributed by atoms with Crippen LogP contribution in [0.4, 0.5) is 10.7 Å². The van der Waals surface area contributed by atoms with Crippen LogP contribution in [0.5, 0.6) is 0 Å². The van der Waals surface area contributed by atoms with Gasteiger partial charge in [0, 0.05) is 11.6 Å². The summed E-state index contributed by atoms with van der Waals surface area (Å²) in [4.78, 5) is 34.9. The van der Waals surface area contributed by atoms with Crippen LogP contribution in [0.3, 0.4) is 0 Å². The molecule has 0 unspecified atom stereocenters. The zero-order valence-electron chi connectivity index (χ0n) is 14.8. The summed E-state index contributed by atoms with van der Waals surface area (Å²) in [5.41, 5.74) is 2.50. The van der Waals surface area contributed by atoms with E-state index in [1.807, 2.05) is 18.2 Å². The van der Waals surface area contributed by atoms with Gasteiger partial charge in [-0.05, 0) is 17.2 Å². The molecule has 0 radical (unpaired) electrons. The molecule has 4 aromatic rings. The van der Waals surface area contributed by atoms with Crippen molar-refractivity contribution in [3.63, 3.8) is 0 Å². The minimum atomic E-state index is -0.739. The maximum Gasteiger partial charge on any atom is 0.413 e. The van der Waals surface area contributed by atoms with Gasteiger partial charge in [0.15, 0.2) is 5.52 Å². The number of fused-ring (bicyclic) bond motifs is 2. The van der Waals surface area contributed by atoms with Gasteiger partial charge in [0.05, 0.1) is 32.0 Å². The number of aromatic nitrogens is 5. The lowest BCUT2D eigenvalue weighted by Crippen LogP contribution is -2.19. The van der Waals surface area contributed by atoms with Crippen molar-refractivity contribution in [2.75, 3.05) is 12.4 Å². The van der Waals surface area contributed by atoms with Crippen LogP contribution in [-0.2, 0) is 17.9 Å². The highest BCUT2D eigenvalue weighted by Gasteiger charge is 2.14. The van der Waals surface area contributed by atoms with E-state index in [0.29, 0.717) is 5.52 Å². The largest absolute Gasteiger partial charge is 0.453 e. The standard InChI is InChI=1S/C18H16N6O4/c1-28-18(27)23-17-21-13-7-20-24(15(13)16(26)22-17)8-10-4-5-11(9-25)12-3-2-6-19-14(10)12/h2-7,25H,8-9H2,1H3,(H2,21,22,23,26,27). The van der Waals surface area contributed by atoms with E-state index < -0.39 is 11.7 Å². The smallest absolute Gasteiger partial charge is 0.413 e. The number of carbonyl (C=O) groups is 1. The maximum absolute atomic E-state index is 12.5. The quantitative estimate of drug-likeness (QED) is 0.487. The highest BCUT2D eigenvalue weighted by Crippen LogP contribution is 2.22. The molecular formula is C18H16N6O4. The van der Waals surface area contributed by atoms with Gasteiger partial charge >= 0.3 is 6.09 Å². The van der Waals surface area contributed by atoms with Gasteiger partial charge in [-0.15, -0.1) is 0 Å². The molecule has 142 valence electrons. The molecule has 3 aromatic heterocycles. The fraction of sp³-hybridized carbons (Fsp3) is 0.167. The molecule has 28 heavy (non-hydrogen) atoms. The van der Waals surface area contributed by atoms with Crippen molar-refractivity contribution in [3.05, 3.63) is 58.1 Å². The second kappa shape index (κ2) is 7.08. The number of rotatable bonds is 4. The Morgan fingerprint density at radius 2 is 2.14 bits per heavy atom. The summed E-state index contributed by atoms with van der Waals surface area (Å²) >= 11 is 0. The van der Waals surface area contributed by atoms with Crippen LogP contribution in [-0.4, -0.2) is 43.0 Å². The predicted molar refractivity (Wildman–Crippen MR) is 101 cm³/mol. The average Bonchev–Trinajstić information content (AvgIpc) is 3.11. The topological polar surface area (TPSA) is 135 Å². The van der Waals surface area contributed by atoms with Crippen molar-refractivity contribution < 1.29 is 14.6 Å². The summed E-state index contributed by atoms with van der Waals surface area (Å²) in [6, 6.07) is 7.37. The Morgan fingerprint density at radius 1 is 1.32 bits per heavy atom. The van der Waals surface area contributed by atoms with E-state index in [1.54, 1.807) is 12.3 Å². The molecular weight excluding hydrogens is 364 g/mol. The van der Waals surface area contributed by atoms with Crippen molar-refractivity contribution in [2.45, 2.75) is 13.2 Å². The fourth-order valence-corrected chi connectivity index (χ4v) is 3.05. The number of aliphatic hydroxyl groups is 1. The number of benzene rings is 1. The Balaban J connectivity index is 1.76. The summed E-state index contributed by atoms with van der Waals surface area (Å²) in [5.74, 6) is -0.0247. The third kappa shape index (κ3) is 3.05. The predicted octanol–water partition coefficient (Wildman–Crippen LogP) is 1.39. The lowest BCUT2D eigenvalue weighted by Gasteiger charge is -2.10. The summed E-state index contributed by atoms with van der Waals surface area (Å²) in [6.07, 6.45) is 2.38. The molecule has 0 bridgehead atoms. The average molecular weight is 380 g/mol. The van der Waals surface area contributed by atoms with E-state index in [4.69, 9.17) is 0 Å². The minimum Gasteiger partial charge on any atom is -0.453 e. The number of aliphatic hydroxyl groups excluding tert-OH is 1. The zero-order valence-corrected chi connectivity index (χ0v) is 14.8. The number of nitrogens with zero attached hydrogens (tertiary/aromatic N) is 4. The van der Waals surface area contributed by atoms with Crippen LogP contribution < -0.4 is 10.9 Å². The number of hydrogen-bond acceptors (Lipinski definition) is 7. The van der Waals surface area contributed by atoms with Crippen molar-refractivity contribution >= 4 is 34.0 Å². The summed E-state index contributed by atoms with van der Waals surface area (Å²) in [7, 11) is 1.21. The van der Waals surface area contributed by atoms with E-state index in [0.717, 1.165) is 22.0 Å². The van der Waals surface area contributed by atoms with Crippen molar-refractivity contribution in [1.29, 1.82) is 0 Å². The molecule has 3 heterocycles. The molecule has 0 atom stereocenters. The van der Waals surface area contributed by atoms with Crippen molar-refractivity contribution in [2.24, 2.45) is 0 Å². The fourth-order valence-electron chi connectivity index (χ4n) is 3.05. The van der Waals surface area contributed by atoms with Gasteiger partial charge in [-0.1, -0.05) is 18.2 Å². The molecule has 1 amide bonds. The highest BCUT2D eigenvalue weighted by atomic mass is 16.5. The summed E-state index contributed by atoms with van der Waals surface area (Å²) < 4.78 is 6.01. The number of H-pyrrole nitrogens is 1. The first-order valence-electron chi connectivity index (χ1n) is 8.38. The maximum atomic E-state index is 12.5. The first kappa shape index (κ1) is 17.6. The van der Waals surface area contributed by atoms with Crippen LogP contribution in [0.2, 0.25) is 0 Å². The second-order valence-electron chi connectivity index (χ2n) is 6.01. The minimum absolute atomic E-state index is 0.0247. The Morgan fingerprint density at radius 3 is 2.93 bits per heavy atom. The van der Waals surface area contributed by atoms with E-state index in [-0.39, 0.29) is 24.6 Å². The zero-order chi connectivity index (χ0) is 19.7. The third-order valence-electron chi connectivity index (χ3n) is 4.34. The normalized spacial score (nSPS) is 11.1. The van der Waals surface area contributed by atoms with Crippen LogP contribution in [0.25, 0.3) is 21.9 Å². The number of hydrogen-bond donors (Lipinski definition) is 3. The van der Waals surface area contributed by atoms with Gasteiger partial charge in [0.25, 0.3) is 5.56 Å². The molecule has 10 nitrogen and oxygen atoms in total. The van der Waals surface area contributed by atoms with Gasteiger partial charge in [0.1, 0.15) is 5.52 Å². The van der Waals surface area contributed by atoms with E-state index in [1.165, 1.54) is 18.0 Å². The molecule has 0 aliphatic carbocycles. The summed E-state index contributed by atoms with van der Waals surface area (Å²) in [5, 5.41) is 16.9. The van der Waals surface area contributed by atoms with Crippen LogP contribution >= 0.6 is 0 Å². The Hall–Kier alpha value is -3.79. The molecule has 0 aliphatic heterocycles. The number of carbonyl (C=O) groups excluding carboxylic acids is 1. The third-order valence-corrected chi connectivity index (χ3v) is 4.34. The van der Waals surface area contributed by atoms with Gasteiger partial charge in [-0.3, -0.25) is 24.8 Å². The number of ether oxygens (including phenoxy) is 1. The number of anilines is 1. The first-order chi connectivity index (χ1) is 13.6. The number of pyridine rings is 1. The first-order valence-corrected chi connectivity index (χ1v) is 8.38. The molecule has 1 aromatic carbocycles. The Kier molecular flexibility index (Phi) is 4.45. The van der Waals surface area contributed by atoms with Gasteiger partial charge in [-0.2, -0.15) is 5.10 Å². The molecule has 4 rings (SSSR count). The molecule has 0 aliphatic rings. The second-order valence-corrected chi connectivity index (χ2v) is 6.01. The number of aromatic amines is 1. The molecule has 0 fully saturated rings. The van der Waals surface area contributed by atoms with Crippen molar-refractivity contribution in [1.82, 2.24) is 24.7 Å². The van der Waals surface area contributed by atoms with Gasteiger partial charge in [0.2, 0.25) is 5.95 Å². The highest BCUT2D eigenvalue weighted by molar-refractivity contribution is 5.86. The Labute approximate surface area is 157 Å². The van der Waals surface area contributed by atoms with Gasteiger partial charge in [-0.25, -0.2) is 9.78 Å². The van der Waals surface area contributed by atoms with Crippen LogP contribution in [0, 0.1) is 0 Å². The lowest BCUT2D eigenvalue weighted by atomic mass is 10.0. The molecule has 0 saturated heterocycles. The Bertz CT molecular complexity index is 1250. The molecule has 0 spiro atoms. The lowest BCUT2D eigenvalue weighted by molar-refractivity contribution is 0.186.